The zero-order chi connectivity index (χ0) is 12.7. The Morgan fingerprint density at radius 2 is 2.00 bits per heavy atom. The fourth-order valence-electron chi connectivity index (χ4n) is 1.29. The van der Waals surface area contributed by atoms with E-state index in [1.54, 1.807) is 13.8 Å². The second kappa shape index (κ2) is 6.03. The van der Waals surface area contributed by atoms with Gasteiger partial charge in [-0.25, -0.2) is 4.79 Å². The van der Waals surface area contributed by atoms with Crippen molar-refractivity contribution in [3.05, 3.63) is 35.9 Å². The van der Waals surface area contributed by atoms with Crippen LogP contribution in [-0.4, -0.2) is 17.9 Å². The van der Waals surface area contributed by atoms with E-state index < -0.39 is 11.6 Å². The molecule has 0 heterocycles. The third-order valence-corrected chi connectivity index (χ3v) is 2.25. The van der Waals surface area contributed by atoms with Crippen molar-refractivity contribution in [1.29, 1.82) is 0 Å². The Hall–Kier alpha value is -1.84. The molecule has 1 rings (SSSR count). The summed E-state index contributed by atoms with van der Waals surface area (Å²) in [6.45, 7) is 3.76. The number of hydrogen-bond acceptors (Lipinski definition) is 3. The van der Waals surface area contributed by atoms with Gasteiger partial charge in [0, 0.05) is 12.0 Å². The molecular weight excluding hydrogens is 218 g/mol. The van der Waals surface area contributed by atoms with Crippen LogP contribution in [0.2, 0.25) is 0 Å². The molecule has 0 bridgehead atoms. The maximum Gasteiger partial charge on any atom is 0.407 e. The molecule has 0 spiro atoms. The molecule has 0 atom stereocenters. The highest BCUT2D eigenvalue weighted by Gasteiger charge is 2.20. The predicted octanol–water partition coefficient (Wildman–Crippen LogP) is 2.28. The molecule has 4 nitrogen and oxygen atoms in total. The molecule has 0 saturated carbocycles. The lowest BCUT2D eigenvalue weighted by Crippen LogP contribution is -2.43. The van der Waals surface area contributed by atoms with E-state index in [2.05, 4.69) is 5.32 Å². The Bertz CT molecular complexity index is 374. The van der Waals surface area contributed by atoms with E-state index in [1.165, 1.54) is 0 Å². The molecule has 0 aliphatic heterocycles. The third kappa shape index (κ3) is 5.15. The normalized spacial score (nSPS) is 10.7. The summed E-state index contributed by atoms with van der Waals surface area (Å²) in [6, 6.07) is 9.42. The Kier molecular flexibility index (Phi) is 4.69. The highest BCUT2D eigenvalue weighted by atomic mass is 16.5. The maximum absolute atomic E-state index is 11.5. The second-order valence-electron chi connectivity index (χ2n) is 4.44. The largest absolute Gasteiger partial charge is 0.445 e. The lowest BCUT2D eigenvalue weighted by Gasteiger charge is -2.23. The summed E-state index contributed by atoms with van der Waals surface area (Å²) in [4.78, 5) is 21.8. The number of rotatable bonds is 5. The summed E-state index contributed by atoms with van der Waals surface area (Å²) in [7, 11) is 0. The number of hydrogen-bond donors (Lipinski definition) is 1. The van der Waals surface area contributed by atoms with Gasteiger partial charge in [-0.2, -0.15) is 0 Å². The molecule has 0 saturated heterocycles. The number of alkyl carbamates (subject to hydrolysis) is 1. The van der Waals surface area contributed by atoms with Crippen LogP contribution in [-0.2, 0) is 16.1 Å². The van der Waals surface area contributed by atoms with Crippen LogP contribution in [0.1, 0.15) is 25.8 Å². The Morgan fingerprint density at radius 3 is 2.59 bits per heavy atom. The van der Waals surface area contributed by atoms with Crippen LogP contribution in [0.25, 0.3) is 0 Å². The SMILES string of the molecule is CC(C)(CC=O)NC(=O)OCc1ccccc1. The van der Waals surface area contributed by atoms with Gasteiger partial charge < -0.3 is 14.8 Å². The minimum Gasteiger partial charge on any atom is -0.445 e. The van der Waals surface area contributed by atoms with Crippen LogP contribution in [0.3, 0.4) is 0 Å². The molecule has 0 aliphatic rings. The van der Waals surface area contributed by atoms with E-state index in [4.69, 9.17) is 4.74 Å². The average molecular weight is 235 g/mol. The van der Waals surface area contributed by atoms with Gasteiger partial charge in [0.2, 0.25) is 0 Å². The smallest absolute Gasteiger partial charge is 0.407 e. The van der Waals surface area contributed by atoms with Crippen LogP contribution >= 0.6 is 0 Å². The first-order valence-electron chi connectivity index (χ1n) is 5.46. The van der Waals surface area contributed by atoms with Gasteiger partial charge in [0.25, 0.3) is 0 Å². The standard InChI is InChI=1S/C13H17NO3/c1-13(2,8-9-15)14-12(16)17-10-11-6-4-3-5-7-11/h3-7,9H,8,10H2,1-2H3,(H,14,16). The van der Waals surface area contributed by atoms with Gasteiger partial charge in [-0.05, 0) is 19.4 Å². The summed E-state index contributed by atoms with van der Waals surface area (Å²) in [6.07, 6.45) is 0.519. The number of carbonyl (C=O) groups excluding carboxylic acids is 2. The van der Waals surface area contributed by atoms with Crippen LogP contribution in [0.4, 0.5) is 4.79 Å². The molecule has 1 N–H and O–H groups in total. The Balaban J connectivity index is 2.38. The van der Waals surface area contributed by atoms with Crippen molar-refractivity contribution in [2.45, 2.75) is 32.4 Å². The maximum atomic E-state index is 11.5. The summed E-state index contributed by atoms with van der Waals surface area (Å²) in [5.41, 5.74) is 0.353. The van der Waals surface area contributed by atoms with Crippen molar-refractivity contribution in [3.63, 3.8) is 0 Å². The van der Waals surface area contributed by atoms with E-state index in [9.17, 15) is 9.59 Å². The van der Waals surface area contributed by atoms with Crippen LogP contribution in [0, 0.1) is 0 Å². The first kappa shape index (κ1) is 13.2. The van der Waals surface area contributed by atoms with E-state index >= 15 is 0 Å². The molecule has 0 unspecified atom stereocenters. The van der Waals surface area contributed by atoms with E-state index in [0.29, 0.717) is 0 Å². The van der Waals surface area contributed by atoms with Crippen molar-refractivity contribution in [3.8, 4) is 0 Å². The molecule has 1 aromatic carbocycles. The van der Waals surface area contributed by atoms with Gasteiger partial charge in [-0.3, -0.25) is 0 Å². The van der Waals surface area contributed by atoms with Crippen LogP contribution in [0.5, 0.6) is 0 Å². The summed E-state index contributed by atoms with van der Waals surface area (Å²) in [5, 5.41) is 2.64. The highest BCUT2D eigenvalue weighted by molar-refractivity contribution is 5.69. The van der Waals surface area contributed by atoms with Crippen LogP contribution < -0.4 is 5.32 Å². The van der Waals surface area contributed by atoms with E-state index in [0.717, 1.165) is 11.8 Å². The minimum absolute atomic E-state index is 0.226. The van der Waals surface area contributed by atoms with E-state index in [-0.39, 0.29) is 13.0 Å². The van der Waals surface area contributed by atoms with Gasteiger partial charge in [0.05, 0.1) is 0 Å². The van der Waals surface area contributed by atoms with Gasteiger partial charge in [-0.1, -0.05) is 30.3 Å². The predicted molar refractivity (Wildman–Crippen MR) is 64.5 cm³/mol. The van der Waals surface area contributed by atoms with Gasteiger partial charge >= 0.3 is 6.09 Å². The lowest BCUT2D eigenvalue weighted by molar-refractivity contribution is -0.108. The molecule has 1 amide bonds. The van der Waals surface area contributed by atoms with Crippen molar-refractivity contribution < 1.29 is 14.3 Å². The summed E-state index contributed by atoms with van der Waals surface area (Å²) >= 11 is 0. The highest BCUT2D eigenvalue weighted by Crippen LogP contribution is 2.07. The van der Waals surface area contributed by atoms with E-state index in [1.807, 2.05) is 30.3 Å². The van der Waals surface area contributed by atoms with Gasteiger partial charge in [0.15, 0.2) is 0 Å². The molecular formula is C13H17NO3. The van der Waals surface area contributed by atoms with Gasteiger partial charge in [0.1, 0.15) is 12.9 Å². The molecule has 0 radical (unpaired) electrons. The van der Waals surface area contributed by atoms with Gasteiger partial charge in [-0.15, -0.1) is 0 Å². The van der Waals surface area contributed by atoms with Crippen LogP contribution in [0.15, 0.2) is 30.3 Å². The minimum atomic E-state index is -0.574. The second-order valence-corrected chi connectivity index (χ2v) is 4.44. The van der Waals surface area contributed by atoms with Crippen molar-refractivity contribution in [1.82, 2.24) is 5.32 Å². The van der Waals surface area contributed by atoms with Crippen molar-refractivity contribution in [2.75, 3.05) is 0 Å². The number of ether oxygens (including phenoxy) is 1. The zero-order valence-electron chi connectivity index (χ0n) is 10.1. The average Bonchev–Trinajstić information content (AvgIpc) is 2.27. The number of carbonyl (C=O) groups is 2. The Morgan fingerprint density at radius 1 is 1.35 bits per heavy atom. The fourth-order valence-corrected chi connectivity index (χ4v) is 1.29. The molecule has 0 aromatic heterocycles. The first-order valence-corrected chi connectivity index (χ1v) is 5.46. The topological polar surface area (TPSA) is 55.4 Å². The Labute approximate surface area is 101 Å². The third-order valence-electron chi connectivity index (χ3n) is 2.25. The molecule has 0 fully saturated rings. The fraction of sp³-hybridized carbons (Fsp3) is 0.385. The molecule has 0 aliphatic carbocycles. The zero-order valence-corrected chi connectivity index (χ0v) is 10.1. The first-order chi connectivity index (χ1) is 8.03. The van der Waals surface area contributed by atoms with Crippen molar-refractivity contribution in [2.24, 2.45) is 0 Å². The number of aldehydes is 1. The number of amides is 1. The summed E-state index contributed by atoms with van der Waals surface area (Å²) in [5.74, 6) is 0. The lowest BCUT2D eigenvalue weighted by atomic mass is 10.0. The summed E-state index contributed by atoms with van der Waals surface area (Å²) < 4.78 is 5.04. The monoisotopic (exact) mass is 235 g/mol. The molecule has 4 heteroatoms. The van der Waals surface area contributed by atoms with Crippen molar-refractivity contribution >= 4 is 12.4 Å². The number of benzene rings is 1. The molecule has 1 aromatic rings. The number of nitrogens with one attached hydrogen (secondary N) is 1. The quantitative estimate of drug-likeness (QED) is 0.796. The molecule has 92 valence electrons. The molecule has 17 heavy (non-hydrogen) atoms.